The van der Waals surface area contributed by atoms with Crippen molar-refractivity contribution in [1.82, 2.24) is 0 Å². The number of hydrogen-bond donors (Lipinski definition) is 0. The first kappa shape index (κ1) is 52.5. The van der Waals surface area contributed by atoms with Crippen molar-refractivity contribution in [3.05, 3.63) is 473 Å². The van der Waals surface area contributed by atoms with Crippen LogP contribution in [0.3, 0.4) is 0 Å². The van der Waals surface area contributed by atoms with Crippen molar-refractivity contribution in [3.8, 4) is 111 Å². The Morgan fingerprint density at radius 2 is 0.530 bits per heavy atom. The lowest BCUT2D eigenvalue weighted by Crippen LogP contribution is -1.90. The minimum absolute atomic E-state index is 0.00409. The Kier molecular flexibility index (Phi) is 14.3. The Morgan fingerprint density at radius 3 is 1.06 bits per heavy atom. The van der Waals surface area contributed by atoms with E-state index in [1.54, 1.807) is 72.8 Å². The Bertz CT molecular complexity index is 10000. The van der Waals surface area contributed by atoms with Gasteiger partial charge in [-0.3, -0.25) is 0 Å². The van der Waals surface area contributed by atoms with Crippen molar-refractivity contribution in [1.29, 1.82) is 0 Å². The Hall–Kier alpha value is -16.7. The molecule has 0 atom stereocenters. The third kappa shape index (κ3) is 14.6. The zero-order valence-corrected chi connectivity index (χ0v) is 72.7. The molecule has 26 rings (SSSR count). The highest BCUT2D eigenvalue weighted by Gasteiger charge is 2.25. The lowest BCUT2D eigenvalue weighted by Gasteiger charge is -2.17. The van der Waals surface area contributed by atoms with Gasteiger partial charge in [0.15, 0.2) is 0 Å². The fraction of sp³-hybridized carbons (Fsp3) is 0.0388. The molecule has 0 bridgehead atoms. The molecule has 0 unspecified atom stereocenters. The van der Waals surface area contributed by atoms with Crippen LogP contribution in [0.2, 0.25) is 0 Å². The van der Waals surface area contributed by atoms with E-state index in [1.165, 1.54) is 37.0 Å². The molecule has 3 nitrogen and oxygen atoms in total. The zero-order chi connectivity index (χ0) is 133. The first-order valence-corrected chi connectivity index (χ1v) is 41.9. The van der Waals surface area contributed by atoms with Crippen LogP contribution in [0.15, 0.2) is 486 Å². The summed E-state index contributed by atoms with van der Waals surface area (Å²) in [5.41, 5.74) is 17.1. The SMILES string of the molecule is [2H]C.[2H]C.[2H]C.[2H]C.[2H]C.[2H][2H].[2H][2H].[2H][2H].[2H][2H].[2H][2H].[2H][2H].[2H][2H].[2H][2H].[2H][2H].[2H][2H].[2H][2H].[2H]c1c(-c2c3ccccc3c(-c3ccccc3)c3ccccc23)c([2H])c2c(oc3c(-c4ccccc4)cccc32)c1[2H].[2H]c1c([2H])c([2H])c(-c2ccc(-c3c([2H])c([2H])c([2H])c4c3oc3ccc(-c5c6ccccc6c(-c6ccccc6)c6c([2H])c([2H])c([2H])c([2H])c56)cc34)cc2)c([2H])c1[2H].[2H]c1cc2c(-c3ccccc3)c3cc([2H])c([2H])cc3c(-c3cc([2H])c4oc5c(-c6ccc7ccccc7c6)cccc5c4c3)c2cc1[2H]. The molecule has 0 saturated heterocycles. The fourth-order valence-corrected chi connectivity index (χ4v) is 18.7. The molecule has 3 heteroatoms. The second-order valence-corrected chi connectivity index (χ2v) is 31.5. The molecule has 3 heterocycles. The molecule has 0 amide bonds. The molecule has 0 aliphatic rings. The second-order valence-electron chi connectivity index (χ2n) is 31.5. The van der Waals surface area contributed by atoms with Crippen molar-refractivity contribution in [2.75, 3.05) is 0 Å². The van der Waals surface area contributed by atoms with E-state index in [0.29, 0.717) is 77.3 Å². The van der Waals surface area contributed by atoms with E-state index in [2.05, 4.69) is 66.7 Å². The maximum atomic E-state index is 9.59. The van der Waals surface area contributed by atoms with Crippen LogP contribution < -0.4 is 0 Å². The van der Waals surface area contributed by atoms with Crippen molar-refractivity contribution < 1.29 is 80.2 Å². The van der Waals surface area contributed by atoms with E-state index in [1.807, 2.05) is 212 Å². The Balaban J connectivity index is 0.000000291. The fourth-order valence-electron chi connectivity index (χ4n) is 18.7. The zero-order valence-electron chi connectivity index (χ0n) is 120. The number of para-hydroxylation sites is 3. The first-order valence-electron chi connectivity index (χ1n) is 67.9. The standard InChI is InChI=1S/C44H28O.C42H26O.C38H24O.5CH4.11H2/c1-3-12-29(13-4-1)30-22-24-31(25-23-30)34-20-11-21-39-40-28-33(26-27-41(40)45-44(34)39)43-37-18-9-7-16-35(37)42(32-14-5-2-6-15-32)36-17-8-10-19-38(36)43;1-2-12-28(13-3-1)40-33-15-6-8-17-35(33)41(36-18-9-7-16-34(36)40)31-23-24-39-38(26-31)37-20-10-19-32(42(37)43-39)30-22-21-27-11-4-5-14-29(27)25-30;1-3-12-25(13-4-1)28-20-11-21-33-34-24-27(22-23-35(34)39-38(28)33)37-31-18-9-7-16-29(31)36(26-14-5-2-6-15-26)30-17-8-10-19-32(30)37;;;;;;;;;;;;;;;;/h1-28H;1-26H;1-24H;5*1H4;11*1H/i1D,3D,4D,7D,9D,11D,12D,13D,16D,18D,20D,21D;6D,7D,8D,9D,24D;22D,23D,24D;5*1D;11*1+1D. The van der Waals surface area contributed by atoms with Gasteiger partial charge in [-0.2, -0.15) is 0 Å². The van der Waals surface area contributed by atoms with Crippen LogP contribution in [0, 0.1) is 0 Å². The van der Waals surface area contributed by atoms with Gasteiger partial charge in [0.05, 0.1) is 27.4 Å². The van der Waals surface area contributed by atoms with Gasteiger partial charge in [0.2, 0.25) is 0 Å². The smallest absolute Gasteiger partial charge is 0.143 e. The highest BCUT2D eigenvalue weighted by atomic mass is 16.3. The van der Waals surface area contributed by atoms with E-state index in [-0.39, 0.29) is 130 Å². The largest absolute Gasteiger partial charge is 0.455 e. The molecule has 132 heavy (non-hydrogen) atoms. The molecule has 654 valence electrons. The topological polar surface area (TPSA) is 39.4 Å². The van der Waals surface area contributed by atoms with E-state index in [9.17, 15) is 5.48 Å². The second kappa shape index (κ2) is 35.8. The third-order valence-electron chi connectivity index (χ3n) is 24.4. The predicted octanol–water partition coefficient (Wildman–Crippen LogP) is 41.4. The minimum Gasteiger partial charge on any atom is -0.455 e. The van der Waals surface area contributed by atoms with Crippen molar-refractivity contribution >= 4 is 141 Å². The maximum absolute atomic E-state index is 9.59. The number of benzene rings is 23. The summed E-state index contributed by atoms with van der Waals surface area (Å²) in [5, 5.41) is 15.4. The van der Waals surface area contributed by atoms with Gasteiger partial charge in [0.1, 0.15) is 33.5 Å². The van der Waals surface area contributed by atoms with Gasteiger partial charge < -0.3 is 13.3 Å². The van der Waals surface area contributed by atoms with E-state index >= 15 is 0 Å². The van der Waals surface area contributed by atoms with Crippen molar-refractivity contribution in [2.45, 2.75) is 37.0 Å². The highest BCUT2D eigenvalue weighted by molar-refractivity contribution is 6.26. The summed E-state index contributed by atoms with van der Waals surface area (Å²) in [4.78, 5) is 0. The molecule has 3 aromatic heterocycles. The maximum Gasteiger partial charge on any atom is 0.143 e. The average Bonchev–Trinajstić information content (AvgIpc) is 1.70. The van der Waals surface area contributed by atoms with Gasteiger partial charge in [-0.1, -0.05) is 467 Å². The quantitative estimate of drug-likeness (QED) is 0.128. The molecular weight excluding hydrogens is 1600 g/mol. The van der Waals surface area contributed by atoms with Crippen LogP contribution in [0.5, 0.6) is 0 Å². The molecule has 0 fully saturated rings. The number of furan rings is 3. The number of fused-ring (bicyclic) bond motifs is 16. The van der Waals surface area contributed by atoms with E-state index < -0.39 is 18.1 Å². The van der Waals surface area contributed by atoms with Gasteiger partial charge in [-0.25, -0.2) is 0 Å². The van der Waals surface area contributed by atoms with Crippen molar-refractivity contribution in [3.63, 3.8) is 0 Å². The Morgan fingerprint density at radius 1 is 0.174 bits per heavy atom. The van der Waals surface area contributed by atoms with Crippen molar-refractivity contribution in [2.24, 2.45) is 0 Å². The van der Waals surface area contributed by atoms with Crippen LogP contribution in [-0.2, 0) is 0 Å². The van der Waals surface area contributed by atoms with Gasteiger partial charge in [-0.15, -0.1) is 0 Å². The summed E-state index contributed by atoms with van der Waals surface area (Å²) in [7, 11) is 6.25. The lowest BCUT2D eigenvalue weighted by molar-refractivity contribution is 0.669. The summed E-state index contributed by atoms with van der Waals surface area (Å²) >= 11 is 0. The van der Waals surface area contributed by atoms with E-state index in [0.717, 1.165) is 148 Å². The third-order valence-corrected chi connectivity index (χ3v) is 24.4. The molecule has 0 radical (unpaired) electrons. The molecule has 23 aromatic carbocycles. The highest BCUT2D eigenvalue weighted by Crippen LogP contribution is 2.51. The molecule has 0 spiro atoms. The summed E-state index contributed by atoms with van der Waals surface area (Å²) in [6.45, 7) is 0. The monoisotopic (exact) mass is 1760 g/mol. The lowest BCUT2D eigenvalue weighted by atomic mass is 9.86. The average molecular weight is 1770 g/mol. The molecule has 26 aromatic rings. The Labute approximate surface area is 839 Å². The number of hydrogen-bond acceptors (Lipinski definition) is 3. The van der Waals surface area contributed by atoms with Crippen LogP contribution in [-0.4, -0.2) is 0 Å². The molecular formula is C129H120O3. The predicted molar refractivity (Wildman–Crippen MR) is 595 cm³/mol. The van der Waals surface area contributed by atoms with Crippen LogP contribution in [0.1, 0.15) is 104 Å². The van der Waals surface area contributed by atoms with Gasteiger partial charge >= 0.3 is 0 Å². The molecule has 0 N–H and O–H groups in total. The first-order chi connectivity index (χ1) is 87.3. The van der Waals surface area contributed by atoms with Gasteiger partial charge in [0, 0.05) is 88.5 Å². The van der Waals surface area contributed by atoms with Gasteiger partial charge in [-0.05, 0) is 212 Å². The van der Waals surface area contributed by atoms with Crippen LogP contribution >= 0.6 is 0 Å². The normalized spacial score (nSPS) is 14.2. The summed E-state index contributed by atoms with van der Waals surface area (Å²) in [6, 6.07) is 110. The summed E-state index contributed by atoms with van der Waals surface area (Å²) in [6.07, 6.45) is 0. The van der Waals surface area contributed by atoms with Crippen LogP contribution in [0.4, 0.5) is 0 Å². The number of rotatable bonds is 10. The molecule has 0 aliphatic carbocycles. The van der Waals surface area contributed by atoms with E-state index in [4.69, 9.17) is 74.7 Å². The summed E-state index contributed by atoms with van der Waals surface area (Å²) in [5.74, 6) is 0. The molecule has 0 saturated carbocycles. The van der Waals surface area contributed by atoms with Crippen LogP contribution in [0.25, 0.3) is 252 Å². The molecule has 0 aliphatic heterocycles. The summed E-state index contributed by atoms with van der Waals surface area (Å²) < 4.78 is 333. The minimum atomic E-state index is -0.493. The van der Waals surface area contributed by atoms with Gasteiger partial charge in [0.25, 0.3) is 0 Å².